The maximum atomic E-state index is 5.91. The van der Waals surface area contributed by atoms with Gasteiger partial charge < -0.3 is 0 Å². The van der Waals surface area contributed by atoms with Gasteiger partial charge in [0.1, 0.15) is 0 Å². The Bertz CT molecular complexity index is 333. The molecule has 0 radical (unpaired) electrons. The predicted octanol–water partition coefficient (Wildman–Crippen LogP) is 3.28. The van der Waals surface area contributed by atoms with Crippen LogP contribution < -0.4 is 4.42 Å². The van der Waals surface area contributed by atoms with Gasteiger partial charge in [-0.25, -0.2) is 0 Å². The highest BCUT2D eigenvalue weighted by atomic mass is 35.5. The van der Waals surface area contributed by atoms with E-state index in [0.29, 0.717) is 0 Å². The molecule has 1 nitrogen and oxygen atoms in total. The number of anilines is 1. The van der Waals surface area contributed by atoms with Gasteiger partial charge in [-0.1, -0.05) is 29.8 Å². The molecule has 1 heterocycles. The molecule has 0 aromatic heterocycles. The number of nitrogens with zero attached hydrogens (tertiary/aromatic N) is 1. The molecule has 0 saturated carbocycles. The van der Waals surface area contributed by atoms with Crippen molar-refractivity contribution in [3.8, 4) is 0 Å². The molecule has 1 aromatic rings. The Morgan fingerprint density at radius 3 is 2.83 bits per heavy atom. The fourth-order valence-corrected chi connectivity index (χ4v) is 1.86. The lowest BCUT2D eigenvalue weighted by Gasteiger charge is -2.20. The number of fused-ring (bicyclic) bond motifs is 1. The molecular formula is C9H7Cl2N. The normalized spacial score (nSPS) is 15.5. The second-order valence-corrected chi connectivity index (χ2v) is 3.54. The first-order chi connectivity index (χ1) is 5.77. The average molecular weight is 200 g/mol. The highest BCUT2D eigenvalue weighted by Gasteiger charge is 2.13. The number of rotatable bonds is 0. The van der Waals surface area contributed by atoms with E-state index in [1.165, 1.54) is 9.98 Å². The first kappa shape index (κ1) is 7.96. The van der Waals surface area contributed by atoms with Crippen LogP contribution in [-0.4, -0.2) is 0 Å². The van der Waals surface area contributed by atoms with Crippen LogP contribution in [0.4, 0.5) is 5.69 Å². The molecule has 3 heteroatoms. The SMILES string of the molecule is ClC1=CN(Cl)c2ccccc2C1. The molecule has 0 fully saturated rings. The summed E-state index contributed by atoms with van der Waals surface area (Å²) in [4.78, 5) is 0. The molecule has 0 amide bonds. The first-order valence-corrected chi connectivity index (χ1v) is 4.38. The van der Waals surface area contributed by atoms with Gasteiger partial charge in [-0.05, 0) is 11.6 Å². The second kappa shape index (κ2) is 3.00. The molecular weight excluding hydrogens is 193 g/mol. The molecule has 0 unspecified atom stereocenters. The fraction of sp³-hybridized carbons (Fsp3) is 0.111. The zero-order chi connectivity index (χ0) is 8.55. The van der Waals surface area contributed by atoms with E-state index in [2.05, 4.69) is 0 Å². The Morgan fingerprint density at radius 1 is 1.25 bits per heavy atom. The predicted molar refractivity (Wildman–Crippen MR) is 52.4 cm³/mol. The van der Waals surface area contributed by atoms with E-state index in [1.807, 2.05) is 24.3 Å². The smallest absolute Gasteiger partial charge is 0.0610 e. The Morgan fingerprint density at radius 2 is 2.00 bits per heavy atom. The number of halogens is 2. The quantitative estimate of drug-likeness (QED) is 0.581. The van der Waals surface area contributed by atoms with Crippen LogP contribution in [0, 0.1) is 0 Å². The molecule has 1 aromatic carbocycles. The Hall–Kier alpha value is -0.660. The summed E-state index contributed by atoms with van der Waals surface area (Å²) in [6, 6.07) is 7.95. The number of hydrogen-bond acceptors (Lipinski definition) is 1. The third kappa shape index (κ3) is 1.30. The van der Waals surface area contributed by atoms with E-state index in [9.17, 15) is 0 Å². The molecule has 0 aliphatic carbocycles. The van der Waals surface area contributed by atoms with Gasteiger partial charge in [0, 0.05) is 29.4 Å². The summed E-state index contributed by atoms with van der Waals surface area (Å²) in [6.45, 7) is 0. The van der Waals surface area contributed by atoms with Crippen LogP contribution in [0.15, 0.2) is 35.5 Å². The van der Waals surface area contributed by atoms with Crippen LogP contribution in [-0.2, 0) is 6.42 Å². The summed E-state index contributed by atoms with van der Waals surface area (Å²) in [5.41, 5.74) is 2.18. The van der Waals surface area contributed by atoms with Crippen LogP contribution in [0.5, 0.6) is 0 Å². The van der Waals surface area contributed by atoms with E-state index >= 15 is 0 Å². The van der Waals surface area contributed by atoms with Crippen LogP contribution >= 0.6 is 23.4 Å². The first-order valence-electron chi connectivity index (χ1n) is 3.66. The van der Waals surface area contributed by atoms with Crippen molar-refractivity contribution in [2.75, 3.05) is 4.42 Å². The summed E-state index contributed by atoms with van der Waals surface area (Å²) in [7, 11) is 0. The lowest BCUT2D eigenvalue weighted by molar-refractivity contribution is 1.16. The number of allylic oxidation sites excluding steroid dienone is 1. The van der Waals surface area contributed by atoms with Gasteiger partial charge in [0.2, 0.25) is 0 Å². The van der Waals surface area contributed by atoms with Gasteiger partial charge in [0.25, 0.3) is 0 Å². The molecule has 12 heavy (non-hydrogen) atoms. The van der Waals surface area contributed by atoms with Crippen LogP contribution in [0.1, 0.15) is 5.56 Å². The van der Waals surface area contributed by atoms with Crippen LogP contribution in [0.3, 0.4) is 0 Å². The van der Waals surface area contributed by atoms with Gasteiger partial charge in [-0.2, -0.15) is 0 Å². The van der Waals surface area contributed by atoms with E-state index in [-0.39, 0.29) is 0 Å². The standard InChI is InChI=1S/C9H7Cl2N/c10-8-5-7-3-1-2-4-9(7)12(11)6-8/h1-4,6H,5H2. The van der Waals surface area contributed by atoms with Gasteiger partial charge in [-0.15, -0.1) is 0 Å². The minimum Gasteiger partial charge on any atom is -0.259 e. The maximum absolute atomic E-state index is 5.91. The minimum absolute atomic E-state index is 0.767. The zero-order valence-corrected chi connectivity index (χ0v) is 7.81. The largest absolute Gasteiger partial charge is 0.259 e. The molecule has 0 N–H and O–H groups in total. The summed E-state index contributed by atoms with van der Waals surface area (Å²) in [5, 5.41) is 0.767. The molecule has 0 atom stereocenters. The maximum Gasteiger partial charge on any atom is 0.0610 e. The Labute approximate surface area is 81.3 Å². The summed E-state index contributed by atoms with van der Waals surface area (Å²) >= 11 is 11.8. The third-order valence-corrected chi connectivity index (χ3v) is 2.35. The van der Waals surface area contributed by atoms with Crippen molar-refractivity contribution in [1.29, 1.82) is 0 Å². The molecule has 0 bridgehead atoms. The minimum atomic E-state index is 0.767. The third-order valence-electron chi connectivity index (χ3n) is 1.83. The van der Waals surface area contributed by atoms with Crippen molar-refractivity contribution in [2.45, 2.75) is 6.42 Å². The topological polar surface area (TPSA) is 3.24 Å². The number of benzene rings is 1. The van der Waals surface area contributed by atoms with Crippen molar-refractivity contribution in [3.05, 3.63) is 41.1 Å². The lowest BCUT2D eigenvalue weighted by Crippen LogP contribution is -2.09. The summed E-state index contributed by atoms with van der Waals surface area (Å²) < 4.78 is 1.53. The summed E-state index contributed by atoms with van der Waals surface area (Å²) in [5.74, 6) is 0. The molecule has 1 aliphatic rings. The van der Waals surface area contributed by atoms with Crippen molar-refractivity contribution in [1.82, 2.24) is 0 Å². The molecule has 2 rings (SSSR count). The van der Waals surface area contributed by atoms with Gasteiger partial charge in [0.05, 0.1) is 5.69 Å². The average Bonchev–Trinajstić information content (AvgIpc) is 2.04. The highest BCUT2D eigenvalue weighted by molar-refractivity contribution is 6.33. The van der Waals surface area contributed by atoms with E-state index in [1.54, 1.807) is 6.20 Å². The number of para-hydroxylation sites is 1. The highest BCUT2D eigenvalue weighted by Crippen LogP contribution is 2.30. The van der Waals surface area contributed by atoms with E-state index in [4.69, 9.17) is 23.4 Å². The van der Waals surface area contributed by atoms with E-state index < -0.39 is 0 Å². The number of hydrogen-bond donors (Lipinski definition) is 0. The van der Waals surface area contributed by atoms with Crippen molar-refractivity contribution >= 4 is 29.1 Å². The summed E-state index contributed by atoms with van der Waals surface area (Å²) in [6.07, 6.45) is 2.51. The van der Waals surface area contributed by atoms with E-state index in [0.717, 1.165) is 17.1 Å². The molecule has 0 saturated heterocycles. The van der Waals surface area contributed by atoms with Crippen LogP contribution in [0.25, 0.3) is 0 Å². The van der Waals surface area contributed by atoms with Crippen molar-refractivity contribution in [2.24, 2.45) is 0 Å². The monoisotopic (exact) mass is 199 g/mol. The molecule has 1 aliphatic heterocycles. The Balaban J connectivity index is 2.48. The van der Waals surface area contributed by atoms with Gasteiger partial charge >= 0.3 is 0 Å². The van der Waals surface area contributed by atoms with Gasteiger partial charge in [-0.3, -0.25) is 4.42 Å². The van der Waals surface area contributed by atoms with Gasteiger partial charge in [0.15, 0.2) is 0 Å². The van der Waals surface area contributed by atoms with Crippen molar-refractivity contribution < 1.29 is 0 Å². The van der Waals surface area contributed by atoms with Crippen LogP contribution in [0.2, 0.25) is 0 Å². The fourth-order valence-electron chi connectivity index (χ4n) is 1.29. The van der Waals surface area contributed by atoms with Crippen molar-refractivity contribution in [3.63, 3.8) is 0 Å². The zero-order valence-electron chi connectivity index (χ0n) is 6.30. The molecule has 62 valence electrons. The second-order valence-electron chi connectivity index (χ2n) is 2.69. The Kier molecular flexibility index (Phi) is 1.99. The molecule has 0 spiro atoms. The lowest BCUT2D eigenvalue weighted by atomic mass is 10.1.